The number of nitrogen functional groups attached to an aromatic ring is 1. The van der Waals surface area contributed by atoms with Gasteiger partial charge in [-0.15, -0.1) is 5.10 Å². The van der Waals surface area contributed by atoms with Crippen LogP contribution >= 0.6 is 15.9 Å². The van der Waals surface area contributed by atoms with Crippen LogP contribution in [0.4, 0.5) is 14.5 Å². The molecule has 9 nitrogen and oxygen atoms in total. The van der Waals surface area contributed by atoms with E-state index < -0.39 is 23.8 Å². The Morgan fingerprint density at radius 2 is 1.88 bits per heavy atom. The lowest BCUT2D eigenvalue weighted by molar-refractivity contribution is -0.141. The Morgan fingerprint density at radius 3 is 2.56 bits per heavy atom. The fourth-order valence-corrected chi connectivity index (χ4v) is 6.11. The number of nitrogens with zero attached hydrogens (tertiary/aromatic N) is 5. The average molecular weight is 660 g/mol. The number of piperidine rings is 1. The Labute approximate surface area is 258 Å². The van der Waals surface area contributed by atoms with Gasteiger partial charge in [-0.3, -0.25) is 9.59 Å². The Hall–Kier alpha value is -3.54. The van der Waals surface area contributed by atoms with Crippen LogP contribution in [0.2, 0.25) is 0 Å². The summed E-state index contributed by atoms with van der Waals surface area (Å²) in [6, 6.07) is 8.41. The summed E-state index contributed by atoms with van der Waals surface area (Å²) in [5.41, 5.74) is 6.96. The van der Waals surface area contributed by atoms with E-state index in [0.29, 0.717) is 51.1 Å². The zero-order valence-electron chi connectivity index (χ0n) is 24.8. The van der Waals surface area contributed by atoms with Gasteiger partial charge in [0.05, 0.1) is 16.4 Å². The lowest BCUT2D eigenvalue weighted by Gasteiger charge is -2.38. The van der Waals surface area contributed by atoms with Crippen molar-refractivity contribution in [1.82, 2.24) is 24.8 Å². The van der Waals surface area contributed by atoms with Gasteiger partial charge < -0.3 is 20.3 Å². The number of benzene rings is 2. The third kappa shape index (κ3) is 6.25. The van der Waals surface area contributed by atoms with E-state index in [1.807, 2.05) is 34.9 Å². The SMILES string of the molecule is CCC(Oc1cccc(C(C)(C)C)c1)C(=O)N1CCC(N2CCC(n3cc(-c4cc(F)c(Br)c(F)c4N)nn3)C2=O)CC1. The molecule has 2 amide bonds. The van der Waals surface area contributed by atoms with Gasteiger partial charge in [-0.25, -0.2) is 13.5 Å². The van der Waals surface area contributed by atoms with Crippen molar-refractivity contribution in [3.8, 4) is 17.0 Å². The second kappa shape index (κ2) is 12.2. The van der Waals surface area contributed by atoms with Crippen molar-refractivity contribution in [2.24, 2.45) is 0 Å². The van der Waals surface area contributed by atoms with Crippen molar-refractivity contribution in [2.45, 2.75) is 77.0 Å². The fourth-order valence-electron chi connectivity index (χ4n) is 5.78. The monoisotopic (exact) mass is 658 g/mol. The van der Waals surface area contributed by atoms with Crippen molar-refractivity contribution in [2.75, 3.05) is 25.4 Å². The van der Waals surface area contributed by atoms with E-state index in [9.17, 15) is 18.4 Å². The highest BCUT2D eigenvalue weighted by molar-refractivity contribution is 9.10. The molecule has 2 aromatic carbocycles. The van der Waals surface area contributed by atoms with Crippen LogP contribution in [0.3, 0.4) is 0 Å². The van der Waals surface area contributed by atoms with Gasteiger partial charge in [-0.2, -0.15) is 0 Å². The Bertz CT molecular complexity index is 1520. The number of ether oxygens (including phenoxy) is 1. The van der Waals surface area contributed by atoms with Gasteiger partial charge >= 0.3 is 0 Å². The number of carbonyl (C=O) groups is 2. The van der Waals surface area contributed by atoms with Crippen LogP contribution in [0.1, 0.15) is 65.0 Å². The quantitative estimate of drug-likeness (QED) is 0.266. The molecular formula is C31H37BrF2N6O3. The third-order valence-electron chi connectivity index (χ3n) is 8.36. The summed E-state index contributed by atoms with van der Waals surface area (Å²) in [5, 5.41) is 8.12. The summed E-state index contributed by atoms with van der Waals surface area (Å²) in [6.07, 6.45) is 3.32. The molecule has 5 rings (SSSR count). The number of nitrogens with two attached hydrogens (primary N) is 1. The summed E-state index contributed by atoms with van der Waals surface area (Å²) < 4.78 is 35.7. The van der Waals surface area contributed by atoms with Crippen LogP contribution in [0.25, 0.3) is 11.3 Å². The highest BCUT2D eigenvalue weighted by atomic mass is 79.9. The fraction of sp³-hybridized carbons (Fsp3) is 0.484. The number of rotatable bonds is 7. The minimum Gasteiger partial charge on any atom is -0.481 e. The molecule has 2 saturated heterocycles. The standard InChI is InChI=1S/C31H37BrF2N6O3/c1-5-25(43-20-8-6-7-18(15-20)31(2,3)4)30(42)38-12-9-19(10-13-38)39-14-11-24(29(39)41)40-17-23(36-37-40)21-16-22(33)26(32)27(34)28(21)35/h6-8,15-17,19,24-25H,5,9-14,35H2,1-4H3. The zero-order chi connectivity index (χ0) is 31.1. The van der Waals surface area contributed by atoms with Crippen molar-refractivity contribution in [3.05, 3.63) is 58.2 Å². The number of halogens is 3. The second-order valence-corrected chi connectivity index (χ2v) is 13.0. The smallest absolute Gasteiger partial charge is 0.263 e. The number of likely N-dealkylation sites (tertiary alicyclic amines) is 2. The number of anilines is 1. The van der Waals surface area contributed by atoms with Crippen LogP contribution < -0.4 is 10.5 Å². The lowest BCUT2D eigenvalue weighted by Crippen LogP contribution is -2.50. The molecule has 1 aromatic heterocycles. The highest BCUT2D eigenvalue weighted by Gasteiger charge is 2.40. The second-order valence-electron chi connectivity index (χ2n) is 12.2. The molecule has 0 radical (unpaired) electrons. The molecular weight excluding hydrogens is 622 g/mol. The lowest BCUT2D eigenvalue weighted by atomic mass is 9.87. The van der Waals surface area contributed by atoms with E-state index in [2.05, 4.69) is 53.1 Å². The summed E-state index contributed by atoms with van der Waals surface area (Å²) in [4.78, 5) is 30.5. The first-order chi connectivity index (χ1) is 20.4. The zero-order valence-corrected chi connectivity index (χ0v) is 26.4. The molecule has 2 atom stereocenters. The molecule has 2 N–H and O–H groups in total. The predicted molar refractivity (Wildman–Crippen MR) is 162 cm³/mol. The summed E-state index contributed by atoms with van der Waals surface area (Å²) >= 11 is 2.84. The van der Waals surface area contributed by atoms with E-state index in [-0.39, 0.29) is 44.7 Å². The first kappa shape index (κ1) is 30.9. The first-order valence-corrected chi connectivity index (χ1v) is 15.4. The molecule has 3 heterocycles. The molecule has 12 heteroatoms. The predicted octanol–water partition coefficient (Wildman–Crippen LogP) is 5.49. The maximum Gasteiger partial charge on any atom is 0.263 e. The van der Waals surface area contributed by atoms with Crippen molar-refractivity contribution in [3.63, 3.8) is 0 Å². The van der Waals surface area contributed by atoms with Gasteiger partial charge in [0.25, 0.3) is 5.91 Å². The van der Waals surface area contributed by atoms with Crippen molar-refractivity contribution in [1.29, 1.82) is 0 Å². The summed E-state index contributed by atoms with van der Waals surface area (Å²) in [7, 11) is 0. The maximum absolute atomic E-state index is 14.3. The van der Waals surface area contributed by atoms with Gasteiger partial charge in [0, 0.05) is 31.2 Å². The molecule has 2 fully saturated rings. The van der Waals surface area contributed by atoms with Crippen LogP contribution in [-0.4, -0.2) is 68.4 Å². The van der Waals surface area contributed by atoms with Gasteiger partial charge in [0.2, 0.25) is 5.91 Å². The number of aromatic nitrogens is 3. The maximum atomic E-state index is 14.3. The van der Waals surface area contributed by atoms with Crippen LogP contribution in [-0.2, 0) is 15.0 Å². The van der Waals surface area contributed by atoms with E-state index in [1.54, 1.807) is 0 Å². The minimum atomic E-state index is -0.913. The van der Waals surface area contributed by atoms with Crippen LogP contribution in [0.5, 0.6) is 5.75 Å². The minimum absolute atomic E-state index is 0.000636. The molecule has 3 aromatic rings. The Kier molecular flexibility index (Phi) is 8.78. The van der Waals surface area contributed by atoms with E-state index in [1.165, 1.54) is 10.9 Å². The van der Waals surface area contributed by atoms with E-state index in [4.69, 9.17) is 10.5 Å². The molecule has 0 saturated carbocycles. The van der Waals surface area contributed by atoms with E-state index in [0.717, 1.165) is 11.6 Å². The van der Waals surface area contributed by atoms with E-state index >= 15 is 0 Å². The normalized spacial score (nSPS) is 18.8. The van der Waals surface area contributed by atoms with Gasteiger partial charge in [0.1, 0.15) is 23.3 Å². The molecule has 0 aliphatic carbocycles. The number of carbonyl (C=O) groups excluding carboxylic acids is 2. The van der Waals surface area contributed by atoms with Crippen molar-refractivity contribution >= 4 is 33.4 Å². The molecule has 2 aliphatic rings. The number of hydrogen-bond donors (Lipinski definition) is 1. The largest absolute Gasteiger partial charge is 0.481 e. The molecule has 0 spiro atoms. The Balaban J connectivity index is 1.19. The molecule has 43 heavy (non-hydrogen) atoms. The van der Waals surface area contributed by atoms with Crippen molar-refractivity contribution < 1.29 is 23.1 Å². The molecule has 230 valence electrons. The number of hydrogen-bond acceptors (Lipinski definition) is 6. The topological polar surface area (TPSA) is 107 Å². The Morgan fingerprint density at radius 1 is 1.16 bits per heavy atom. The molecule has 2 unspecified atom stereocenters. The average Bonchev–Trinajstić information content (AvgIpc) is 3.63. The summed E-state index contributed by atoms with van der Waals surface area (Å²) in [5.74, 6) is -1.16. The molecule has 0 bridgehead atoms. The van der Waals surface area contributed by atoms with Crippen LogP contribution in [0.15, 0.2) is 41.0 Å². The van der Waals surface area contributed by atoms with Crippen LogP contribution in [0, 0.1) is 11.6 Å². The molecule has 2 aliphatic heterocycles. The van der Waals surface area contributed by atoms with Gasteiger partial charge in [-0.05, 0) is 70.8 Å². The van der Waals surface area contributed by atoms with Gasteiger partial charge in [0.15, 0.2) is 11.9 Å². The number of amides is 2. The highest BCUT2D eigenvalue weighted by Crippen LogP contribution is 2.35. The van der Waals surface area contributed by atoms with Gasteiger partial charge in [-0.1, -0.05) is 45.0 Å². The summed E-state index contributed by atoms with van der Waals surface area (Å²) in [6.45, 7) is 9.98. The first-order valence-electron chi connectivity index (χ1n) is 14.6. The third-order valence-corrected chi connectivity index (χ3v) is 9.09.